The fourth-order valence-electron chi connectivity index (χ4n) is 16.1. The molecule has 6 aliphatic rings. The molecule has 0 saturated carbocycles. The quantitative estimate of drug-likeness (QED) is 0.0563. The number of aryl methyl sites for hydroxylation is 2. The summed E-state index contributed by atoms with van der Waals surface area (Å²) in [5, 5.41) is 46.9. The number of benzene rings is 1. The molecule has 91 heavy (non-hydrogen) atoms. The van der Waals surface area contributed by atoms with Crippen LogP contribution in [0.4, 0.5) is 0 Å². The van der Waals surface area contributed by atoms with Gasteiger partial charge in [0.2, 0.25) is 41.4 Å². The predicted molar refractivity (Wildman–Crippen MR) is 333 cm³/mol. The Morgan fingerprint density at radius 1 is 0.747 bits per heavy atom. The smallest absolute Gasteiger partial charge is 0.472 e. The zero-order valence-electron chi connectivity index (χ0n) is 53.8. The van der Waals surface area contributed by atoms with E-state index < -0.39 is 161 Å². The number of phosphoric acid groups is 1. The molecular weight excluding hydrogens is 1240 g/mol. The number of carbonyl (C=O) groups is 7. The minimum atomic E-state index is -5.06. The molecule has 0 aliphatic carbocycles. The van der Waals surface area contributed by atoms with E-state index in [4.69, 9.17) is 69.5 Å². The summed E-state index contributed by atoms with van der Waals surface area (Å²) < 4.78 is 32.3. The first kappa shape index (κ1) is 72.5. The molecule has 1 radical (unpaired) electrons. The molecule has 29 heteroatoms. The third-order valence-electron chi connectivity index (χ3n) is 21.2. The van der Waals surface area contributed by atoms with Gasteiger partial charge in [0.15, 0.2) is 6.23 Å². The van der Waals surface area contributed by atoms with Gasteiger partial charge in [0.05, 0.1) is 30.1 Å². The summed E-state index contributed by atoms with van der Waals surface area (Å²) in [5.74, 6) is -6.86. The Morgan fingerprint density at radius 2 is 1.32 bits per heavy atom. The van der Waals surface area contributed by atoms with Crippen LogP contribution in [-0.4, -0.2) is 133 Å². The third kappa shape index (κ3) is 14.0. The second-order valence-electron chi connectivity index (χ2n) is 27.5. The van der Waals surface area contributed by atoms with Gasteiger partial charge in [-0.15, -0.1) is 34.8 Å². The Labute approximate surface area is 541 Å². The van der Waals surface area contributed by atoms with Gasteiger partial charge in [-0.1, -0.05) is 53.6 Å². The van der Waals surface area contributed by atoms with Crippen LogP contribution in [0.3, 0.4) is 0 Å². The Bertz CT molecular complexity index is 3340. The van der Waals surface area contributed by atoms with Gasteiger partial charge in [-0.3, -0.25) is 42.6 Å². The van der Waals surface area contributed by atoms with Gasteiger partial charge in [0, 0.05) is 68.3 Å². The van der Waals surface area contributed by atoms with Crippen LogP contribution >= 0.6 is 7.82 Å². The van der Waals surface area contributed by atoms with Crippen molar-refractivity contribution in [1.29, 1.82) is 0 Å². The maximum absolute atomic E-state index is 14.4. The average molecular weight is 1330 g/mol. The number of aliphatic hydroxyl groups excluding tert-OH is 2. The molecule has 8 bridgehead atoms. The van der Waals surface area contributed by atoms with Crippen molar-refractivity contribution >= 4 is 60.2 Å². The molecule has 1 aromatic heterocycles. The normalized spacial score (nSPS) is 36.3. The summed E-state index contributed by atoms with van der Waals surface area (Å²) in [4.78, 5) is 109. The van der Waals surface area contributed by atoms with Crippen LogP contribution in [0, 0.1) is 59.2 Å². The van der Waals surface area contributed by atoms with Crippen molar-refractivity contribution in [3.8, 4) is 0 Å². The topological polar surface area (TPSA) is 467 Å². The first-order valence-electron chi connectivity index (χ1n) is 30.9. The number of phosphoric ester groups is 1. The minimum Gasteiger partial charge on any atom is -0.685 e. The summed E-state index contributed by atoms with van der Waals surface area (Å²) >= 11 is 0. The number of carbonyl (C=O) groups excluding carboxylic acids is 7. The Kier molecular flexibility index (Phi) is 21.7. The van der Waals surface area contributed by atoms with E-state index in [0.717, 1.165) is 11.1 Å². The van der Waals surface area contributed by atoms with Crippen molar-refractivity contribution in [2.24, 2.45) is 79.7 Å². The van der Waals surface area contributed by atoms with Crippen molar-refractivity contribution in [2.45, 2.75) is 207 Å². The third-order valence-corrected chi connectivity index (χ3v) is 22.3. The number of nitrogens with zero attached hydrogens (tertiary/aromatic N) is 6. The number of imidazole rings is 1. The molecule has 7 amide bonds. The maximum Gasteiger partial charge on any atom is 0.472 e. The van der Waals surface area contributed by atoms with Gasteiger partial charge in [-0.25, -0.2) is 9.55 Å². The first-order chi connectivity index (χ1) is 41.8. The number of fused-ring (bicyclic) bond motifs is 10. The number of hydrogen-bond donors (Lipinski definition) is 10. The number of nitrogens with one attached hydrogen (secondary N) is 1. The van der Waals surface area contributed by atoms with Gasteiger partial charge in [-0.2, -0.15) is 17.1 Å². The van der Waals surface area contributed by atoms with Crippen molar-refractivity contribution in [3.63, 3.8) is 0 Å². The molecule has 16 N–H and O–H groups in total. The van der Waals surface area contributed by atoms with Gasteiger partial charge in [0.25, 0.3) is 0 Å². The van der Waals surface area contributed by atoms with E-state index in [1.165, 1.54) is 13.3 Å². The minimum absolute atomic E-state index is 0. The van der Waals surface area contributed by atoms with Crippen LogP contribution in [0.1, 0.15) is 150 Å². The second-order valence-corrected chi connectivity index (χ2v) is 28.9. The zero-order valence-corrected chi connectivity index (χ0v) is 55.7. The van der Waals surface area contributed by atoms with E-state index >= 15 is 0 Å². The second kappa shape index (κ2) is 27.2. The predicted octanol–water partition coefficient (Wildman–Crippen LogP) is 4.85. The molecule has 27 nitrogen and oxygen atoms in total. The number of allylic oxidation sites excluding steroid dienone is 3. The van der Waals surface area contributed by atoms with Crippen LogP contribution in [0.2, 0.25) is 0 Å². The fourth-order valence-corrected chi connectivity index (χ4v) is 17.3. The molecule has 6 aliphatic heterocycles. The largest absolute Gasteiger partial charge is 0.685 e. The molecule has 18 atom stereocenters. The molecular formula is C62H92CoN13O14P-4. The average Bonchev–Trinajstić information content (AvgIpc) is 1.53. The van der Waals surface area contributed by atoms with Crippen molar-refractivity contribution < 1.29 is 83.8 Å². The Hall–Kier alpha value is -5.94. The first-order valence-corrected chi connectivity index (χ1v) is 32.4. The van der Waals surface area contributed by atoms with Gasteiger partial charge >= 0.3 is 7.82 Å². The SMILES string of the molecule is C/C1=C2/[N-][C@H]([C@H](CC(N)=O)[C@@]2(C)CCC(=O)NC[C@@H](C)OP(=O)(O)O[C@H]2[C@@H](O)[C@@H](n3cnc4cc(C)c(C)cc43)O[C@@H]2CO)[C@]2(C)[N-][C@@H](/C(C)=C3\[N-]C(/C=C4\[N-]C1[C@@H](CCC(N)=O)C4(C)C)[C@@H](CCC(N)=O)[C@]3(C)CC(N)=O)[C@@H](CCC(N)=O)[C@]2(C)CC(N)=O.[Co]. The molecule has 7 heterocycles. The van der Waals surface area contributed by atoms with Crippen molar-refractivity contribution in [1.82, 2.24) is 14.9 Å². The fraction of sp³-hybridized carbons (Fsp3) is 0.677. The number of aliphatic hydroxyl groups is 2. The molecule has 3 unspecified atom stereocenters. The monoisotopic (exact) mass is 1330 g/mol. The van der Waals surface area contributed by atoms with E-state index in [9.17, 15) is 53.2 Å². The van der Waals surface area contributed by atoms with E-state index in [-0.39, 0.29) is 94.0 Å². The summed E-state index contributed by atoms with van der Waals surface area (Å²) in [5.41, 5.74) is 36.2. The summed E-state index contributed by atoms with van der Waals surface area (Å²) in [7, 11) is -5.06. The molecule has 8 rings (SSSR count). The van der Waals surface area contributed by atoms with Crippen LogP contribution < -0.4 is 39.7 Å². The van der Waals surface area contributed by atoms with E-state index in [1.54, 1.807) is 4.57 Å². The van der Waals surface area contributed by atoms with Crippen molar-refractivity contribution in [3.05, 3.63) is 85.2 Å². The molecule has 0 spiro atoms. The van der Waals surface area contributed by atoms with Crippen LogP contribution in [0.25, 0.3) is 32.3 Å². The van der Waals surface area contributed by atoms with Crippen LogP contribution in [0.15, 0.2) is 52.8 Å². The number of primary amides is 6. The summed E-state index contributed by atoms with van der Waals surface area (Å²) in [6.07, 6.45) is -3.96. The summed E-state index contributed by atoms with van der Waals surface area (Å²) in [6.45, 7) is 19.5. The zero-order chi connectivity index (χ0) is 66.7. The van der Waals surface area contributed by atoms with E-state index in [1.807, 2.05) is 87.4 Å². The van der Waals surface area contributed by atoms with Gasteiger partial charge < -0.3 is 85.4 Å². The van der Waals surface area contributed by atoms with Gasteiger partial charge in [-0.05, 0) is 129 Å². The number of nitrogens with two attached hydrogens (primary N) is 6. The number of ether oxygens (including phenoxy) is 1. The molecule has 507 valence electrons. The van der Waals surface area contributed by atoms with Crippen LogP contribution in [0.5, 0.6) is 0 Å². The van der Waals surface area contributed by atoms with E-state index in [2.05, 4.69) is 10.3 Å². The maximum atomic E-state index is 14.4. The molecule has 5 saturated heterocycles. The molecule has 1 aromatic carbocycles. The number of amides is 7. The number of rotatable bonds is 26. The molecule has 5 fully saturated rings. The number of aromatic nitrogens is 2. The summed E-state index contributed by atoms with van der Waals surface area (Å²) in [6, 6.07) is 0.417. The van der Waals surface area contributed by atoms with Crippen LogP contribution in [-0.2, 0) is 68.7 Å². The standard InChI is InChI=1S/C62H92N13O14P.Co/c1-29-20-39-40(21-30(29)2)75(28-70-39)57-52(84)53(41(27-76)87-57)89-90(85,86)88-31(3)26-69-49(83)18-19-59(8)37(22-46(66)80)56-62(11)61(10,25-48(68)82)36(14-17-45(65)79)51(74-62)33(5)55-60(9,24-47(67)81)34(12-15-43(63)77)38(71-55)23-42-58(6,7)35(13-16-44(64)78)50(72-42)32(4)54(59)73-56;/h20-21,23,28,31,34-38,41,50-53,56-57,76,84H,12-19,22,24-27H2,1-11H3,(H2,63,77)(H2,64,78)(H2,65,79)(H2,66,80)(H2,67,81)(H2,68,82)(H,69,83)(H,85,86);/q-4;/b42-23-,54-32-,55-33-;/t31-,34-,35-,36-,37+,38?,41-,50?,51+,52-,53-,56-,57+,59-,60+,61+,62+;/m1./s1. The number of hydrogen-bond acceptors (Lipinski definition) is 14. The Balaban J connectivity index is 0.0000118. The van der Waals surface area contributed by atoms with E-state index in [0.29, 0.717) is 39.3 Å². The molecule has 2 aromatic rings. The van der Waals surface area contributed by atoms with Gasteiger partial charge in [0.1, 0.15) is 18.3 Å². The Morgan fingerprint density at radius 3 is 1.90 bits per heavy atom. The van der Waals surface area contributed by atoms with Crippen molar-refractivity contribution in [2.75, 3.05) is 13.2 Å².